The van der Waals surface area contributed by atoms with Gasteiger partial charge in [0.1, 0.15) is 11.6 Å². The van der Waals surface area contributed by atoms with Gasteiger partial charge in [-0.1, -0.05) is 18.2 Å². The first-order chi connectivity index (χ1) is 15.8. The standard InChI is InChI=1S/C26H18F2N2O3/c1-4-25(31)30(3)17-10-12-23(33-24-11-9-16(27)13-22(24)28)20(14-17)21-15-29(2)26(32)19-8-6-5-7-18(19)21/h1,5-15H,2-3H3. The van der Waals surface area contributed by atoms with Gasteiger partial charge < -0.3 is 14.2 Å². The molecule has 0 aliphatic carbocycles. The summed E-state index contributed by atoms with van der Waals surface area (Å²) in [6, 6.07) is 14.9. The molecule has 0 atom stereocenters. The highest BCUT2D eigenvalue weighted by atomic mass is 19.1. The summed E-state index contributed by atoms with van der Waals surface area (Å²) in [6.45, 7) is 0. The van der Waals surface area contributed by atoms with Gasteiger partial charge in [-0.25, -0.2) is 8.78 Å². The number of nitrogens with zero attached hydrogens (tertiary/aromatic N) is 2. The molecule has 1 heterocycles. The predicted molar refractivity (Wildman–Crippen MR) is 123 cm³/mol. The minimum absolute atomic E-state index is 0.174. The lowest BCUT2D eigenvalue weighted by atomic mass is 9.99. The van der Waals surface area contributed by atoms with Crippen LogP contribution in [0.25, 0.3) is 21.9 Å². The second kappa shape index (κ2) is 8.60. The minimum Gasteiger partial charge on any atom is -0.454 e. The summed E-state index contributed by atoms with van der Waals surface area (Å²) < 4.78 is 34.9. The SMILES string of the molecule is C#CC(=O)N(C)c1ccc(Oc2ccc(F)cc2F)c(-c2cn(C)c(=O)c3ccccc23)c1. The van der Waals surface area contributed by atoms with E-state index in [4.69, 9.17) is 11.2 Å². The van der Waals surface area contributed by atoms with E-state index in [2.05, 4.69) is 5.92 Å². The van der Waals surface area contributed by atoms with Crippen molar-refractivity contribution in [2.75, 3.05) is 11.9 Å². The Morgan fingerprint density at radius 1 is 1.00 bits per heavy atom. The topological polar surface area (TPSA) is 51.5 Å². The molecule has 0 fully saturated rings. The Kier molecular flexibility index (Phi) is 5.67. The molecule has 0 aliphatic heterocycles. The van der Waals surface area contributed by atoms with E-state index in [1.807, 2.05) is 0 Å². The van der Waals surface area contributed by atoms with Gasteiger partial charge in [0.15, 0.2) is 11.6 Å². The van der Waals surface area contributed by atoms with Crippen LogP contribution in [0.15, 0.2) is 71.7 Å². The van der Waals surface area contributed by atoms with Crippen molar-refractivity contribution in [1.29, 1.82) is 0 Å². The Hall–Kier alpha value is -4.44. The van der Waals surface area contributed by atoms with E-state index in [1.165, 1.54) is 22.6 Å². The number of carbonyl (C=O) groups excluding carboxylic acids is 1. The highest BCUT2D eigenvalue weighted by molar-refractivity contribution is 6.06. The Balaban J connectivity index is 1.98. The van der Waals surface area contributed by atoms with Gasteiger partial charge in [0.05, 0.1) is 0 Å². The molecule has 0 N–H and O–H groups in total. The van der Waals surface area contributed by atoms with Crippen LogP contribution >= 0.6 is 0 Å². The third-order valence-electron chi connectivity index (χ3n) is 5.27. The third kappa shape index (κ3) is 4.06. The number of hydrogen-bond donors (Lipinski definition) is 0. The average Bonchev–Trinajstić information content (AvgIpc) is 2.82. The summed E-state index contributed by atoms with van der Waals surface area (Å²) in [6.07, 6.45) is 6.89. The van der Waals surface area contributed by atoms with E-state index in [0.717, 1.165) is 12.1 Å². The van der Waals surface area contributed by atoms with Gasteiger partial charge in [0.2, 0.25) is 0 Å². The Labute approximate surface area is 188 Å². The van der Waals surface area contributed by atoms with Crippen LogP contribution in [0.4, 0.5) is 14.5 Å². The van der Waals surface area contributed by atoms with Crippen LogP contribution < -0.4 is 15.2 Å². The largest absolute Gasteiger partial charge is 0.454 e. The molecule has 0 bridgehead atoms. The molecular formula is C26H18F2N2O3. The number of fused-ring (bicyclic) bond motifs is 1. The second-order valence-electron chi connectivity index (χ2n) is 7.37. The smallest absolute Gasteiger partial charge is 0.302 e. The second-order valence-corrected chi connectivity index (χ2v) is 7.37. The van der Waals surface area contributed by atoms with Gasteiger partial charge >= 0.3 is 5.91 Å². The van der Waals surface area contributed by atoms with Gasteiger partial charge in [-0.15, -0.1) is 6.42 Å². The molecule has 33 heavy (non-hydrogen) atoms. The zero-order valence-electron chi connectivity index (χ0n) is 17.8. The highest BCUT2D eigenvalue weighted by Gasteiger charge is 2.18. The van der Waals surface area contributed by atoms with Crippen LogP contribution in [0, 0.1) is 24.0 Å². The van der Waals surface area contributed by atoms with Crippen LogP contribution in [0.5, 0.6) is 11.5 Å². The van der Waals surface area contributed by atoms with E-state index < -0.39 is 17.5 Å². The van der Waals surface area contributed by atoms with E-state index in [1.54, 1.807) is 55.7 Å². The number of benzene rings is 3. The maximum Gasteiger partial charge on any atom is 0.302 e. The summed E-state index contributed by atoms with van der Waals surface area (Å²) >= 11 is 0. The number of ether oxygens (including phenoxy) is 1. The van der Waals surface area contributed by atoms with Crippen molar-refractivity contribution in [2.24, 2.45) is 7.05 Å². The lowest BCUT2D eigenvalue weighted by molar-refractivity contribution is -0.113. The van der Waals surface area contributed by atoms with Gasteiger partial charge in [-0.2, -0.15) is 0 Å². The average molecular weight is 444 g/mol. The summed E-state index contributed by atoms with van der Waals surface area (Å²) in [7, 11) is 3.15. The molecule has 4 aromatic rings. The Bertz CT molecular complexity index is 1500. The number of halogens is 2. The molecule has 1 amide bonds. The monoisotopic (exact) mass is 444 g/mol. The lowest BCUT2D eigenvalue weighted by Crippen LogP contribution is -2.24. The van der Waals surface area contributed by atoms with E-state index in [0.29, 0.717) is 27.6 Å². The molecule has 5 nitrogen and oxygen atoms in total. The van der Waals surface area contributed by atoms with Crippen molar-refractivity contribution in [1.82, 2.24) is 4.57 Å². The first-order valence-electron chi connectivity index (χ1n) is 9.90. The van der Waals surface area contributed by atoms with Crippen LogP contribution in [0.2, 0.25) is 0 Å². The first kappa shape index (κ1) is 21.8. The molecule has 0 saturated heterocycles. The number of hydrogen-bond acceptors (Lipinski definition) is 3. The van der Waals surface area contributed by atoms with Gasteiger partial charge in [-0.3, -0.25) is 9.59 Å². The number of amides is 1. The number of terminal acetylenes is 1. The van der Waals surface area contributed by atoms with Crippen molar-refractivity contribution in [2.45, 2.75) is 0 Å². The van der Waals surface area contributed by atoms with Crippen molar-refractivity contribution in [3.63, 3.8) is 0 Å². The van der Waals surface area contributed by atoms with Crippen molar-refractivity contribution >= 4 is 22.4 Å². The highest BCUT2D eigenvalue weighted by Crippen LogP contribution is 2.39. The van der Waals surface area contributed by atoms with Crippen molar-refractivity contribution < 1.29 is 18.3 Å². The minimum atomic E-state index is -0.866. The maximum absolute atomic E-state index is 14.3. The number of aromatic nitrogens is 1. The molecule has 3 aromatic carbocycles. The molecule has 0 radical (unpaired) electrons. The predicted octanol–water partition coefficient (Wildman–Crippen LogP) is 4.87. The van der Waals surface area contributed by atoms with Crippen molar-refractivity contribution in [3.8, 4) is 35.0 Å². The van der Waals surface area contributed by atoms with Crippen LogP contribution in [-0.4, -0.2) is 17.5 Å². The fourth-order valence-electron chi connectivity index (χ4n) is 3.55. The van der Waals surface area contributed by atoms with Crippen molar-refractivity contribution in [3.05, 3.63) is 88.8 Å². The molecule has 0 spiro atoms. The normalized spacial score (nSPS) is 10.6. The van der Waals surface area contributed by atoms with Gasteiger partial charge in [0, 0.05) is 48.6 Å². The van der Waals surface area contributed by atoms with Crippen LogP contribution in [-0.2, 0) is 11.8 Å². The van der Waals surface area contributed by atoms with Crippen LogP contribution in [0.3, 0.4) is 0 Å². The first-order valence-corrected chi connectivity index (χ1v) is 9.90. The molecule has 164 valence electrons. The van der Waals surface area contributed by atoms with E-state index >= 15 is 0 Å². The number of pyridine rings is 1. The molecular weight excluding hydrogens is 426 g/mol. The van der Waals surface area contributed by atoms with E-state index in [9.17, 15) is 18.4 Å². The quantitative estimate of drug-likeness (QED) is 0.422. The molecule has 0 unspecified atom stereocenters. The summed E-state index contributed by atoms with van der Waals surface area (Å²) in [5, 5.41) is 1.13. The molecule has 0 saturated carbocycles. The maximum atomic E-state index is 14.3. The molecule has 1 aromatic heterocycles. The fourth-order valence-corrected chi connectivity index (χ4v) is 3.55. The summed E-state index contributed by atoms with van der Waals surface area (Å²) in [4.78, 5) is 26.0. The molecule has 7 heteroatoms. The number of carbonyl (C=O) groups is 1. The fraction of sp³-hybridized carbons (Fsp3) is 0.0769. The Morgan fingerprint density at radius 2 is 1.70 bits per heavy atom. The van der Waals surface area contributed by atoms with Crippen LogP contribution in [0.1, 0.15) is 0 Å². The van der Waals surface area contributed by atoms with Gasteiger partial charge in [0.25, 0.3) is 5.56 Å². The van der Waals surface area contributed by atoms with E-state index in [-0.39, 0.29) is 17.1 Å². The number of anilines is 1. The lowest BCUT2D eigenvalue weighted by Gasteiger charge is -2.19. The zero-order valence-corrected chi connectivity index (χ0v) is 17.8. The Morgan fingerprint density at radius 3 is 2.39 bits per heavy atom. The third-order valence-corrected chi connectivity index (χ3v) is 5.27. The number of aryl methyl sites for hydroxylation is 1. The molecule has 4 rings (SSSR count). The van der Waals surface area contributed by atoms with Gasteiger partial charge in [-0.05, 0) is 47.7 Å². The number of rotatable bonds is 4. The summed E-state index contributed by atoms with van der Waals surface area (Å²) in [5.41, 5.74) is 1.39. The summed E-state index contributed by atoms with van der Waals surface area (Å²) in [5.74, 6) is -0.0125. The molecule has 0 aliphatic rings. The zero-order chi connectivity index (χ0) is 23.7.